The van der Waals surface area contributed by atoms with Crippen molar-refractivity contribution in [1.82, 2.24) is 8.61 Å². The molecule has 10 heteroatoms. The first-order valence-electron chi connectivity index (χ1n) is 10.3. The van der Waals surface area contributed by atoms with Gasteiger partial charge in [-0.05, 0) is 53.6 Å². The van der Waals surface area contributed by atoms with Crippen molar-refractivity contribution in [2.75, 3.05) is 33.3 Å². The molecule has 1 fully saturated rings. The molecule has 0 spiro atoms. The van der Waals surface area contributed by atoms with Crippen LogP contribution in [0.5, 0.6) is 0 Å². The first-order chi connectivity index (χ1) is 15.6. The molecule has 0 N–H and O–H groups in total. The van der Waals surface area contributed by atoms with E-state index in [2.05, 4.69) is 4.74 Å². The molecule has 1 aliphatic heterocycles. The van der Waals surface area contributed by atoms with E-state index in [1.165, 1.54) is 33.9 Å². The van der Waals surface area contributed by atoms with Crippen molar-refractivity contribution < 1.29 is 26.4 Å². The van der Waals surface area contributed by atoms with Gasteiger partial charge in [0.2, 0.25) is 20.0 Å². The predicted molar refractivity (Wildman–Crippen MR) is 124 cm³/mol. The number of nitrogens with zero attached hydrogens (tertiary/aromatic N) is 2. The molecule has 174 valence electrons. The SMILES string of the molecule is COC(=O)c1ccc(S(=O)(=O)N2CCN(S(=O)(=O)c3ccc4ccccc4c3)CC2)c(C)c1. The molecular weight excluding hydrogens is 464 g/mol. The molecule has 1 aliphatic rings. The van der Waals surface area contributed by atoms with Crippen LogP contribution in [0.1, 0.15) is 15.9 Å². The van der Waals surface area contributed by atoms with E-state index in [1.807, 2.05) is 24.3 Å². The Morgan fingerprint density at radius 1 is 0.788 bits per heavy atom. The summed E-state index contributed by atoms with van der Waals surface area (Å²) in [6.45, 7) is 1.78. The molecule has 33 heavy (non-hydrogen) atoms. The van der Waals surface area contributed by atoms with Gasteiger partial charge < -0.3 is 4.74 Å². The monoisotopic (exact) mass is 488 g/mol. The quantitative estimate of drug-likeness (QED) is 0.512. The van der Waals surface area contributed by atoms with Crippen LogP contribution in [0.15, 0.2) is 70.5 Å². The van der Waals surface area contributed by atoms with Gasteiger partial charge in [-0.2, -0.15) is 8.61 Å². The van der Waals surface area contributed by atoms with Crippen LogP contribution in [0.25, 0.3) is 10.8 Å². The van der Waals surface area contributed by atoms with Gasteiger partial charge >= 0.3 is 5.97 Å². The highest BCUT2D eigenvalue weighted by Crippen LogP contribution is 2.26. The molecule has 0 saturated carbocycles. The van der Waals surface area contributed by atoms with Crippen LogP contribution in [-0.2, 0) is 24.8 Å². The van der Waals surface area contributed by atoms with E-state index in [9.17, 15) is 21.6 Å². The van der Waals surface area contributed by atoms with Gasteiger partial charge in [-0.25, -0.2) is 21.6 Å². The molecule has 0 bridgehead atoms. The number of methoxy groups -OCH3 is 1. The van der Waals surface area contributed by atoms with Gasteiger partial charge in [-0.15, -0.1) is 0 Å². The zero-order valence-electron chi connectivity index (χ0n) is 18.3. The summed E-state index contributed by atoms with van der Waals surface area (Å²) in [4.78, 5) is 12.0. The molecule has 8 nitrogen and oxygen atoms in total. The maximum atomic E-state index is 13.2. The largest absolute Gasteiger partial charge is 0.465 e. The van der Waals surface area contributed by atoms with Crippen molar-refractivity contribution in [3.63, 3.8) is 0 Å². The summed E-state index contributed by atoms with van der Waals surface area (Å²) in [7, 11) is -6.34. The van der Waals surface area contributed by atoms with Crippen molar-refractivity contribution in [3.05, 3.63) is 71.8 Å². The standard InChI is InChI=1S/C23H24N2O6S2/c1-17-15-20(23(26)31-2)8-10-22(17)33(29,30)25-13-11-24(12-14-25)32(27,28)21-9-7-18-5-3-4-6-19(18)16-21/h3-10,15-16H,11-14H2,1-2H3. The lowest BCUT2D eigenvalue weighted by atomic mass is 10.1. The summed E-state index contributed by atoms with van der Waals surface area (Å²) in [6.07, 6.45) is 0. The normalized spacial score (nSPS) is 16.1. The van der Waals surface area contributed by atoms with E-state index in [0.717, 1.165) is 10.8 Å². The summed E-state index contributed by atoms with van der Waals surface area (Å²) in [6, 6.07) is 16.8. The molecule has 0 atom stereocenters. The number of carbonyl (C=O) groups is 1. The number of sulfonamides is 2. The number of aryl methyl sites for hydroxylation is 1. The average Bonchev–Trinajstić information content (AvgIpc) is 2.83. The molecule has 0 aliphatic carbocycles. The molecule has 3 aromatic rings. The van der Waals surface area contributed by atoms with E-state index in [4.69, 9.17) is 0 Å². The Hall–Kier alpha value is -2.79. The second-order valence-electron chi connectivity index (χ2n) is 7.79. The highest BCUT2D eigenvalue weighted by Gasteiger charge is 2.34. The minimum absolute atomic E-state index is 0.0351. The number of esters is 1. The Morgan fingerprint density at radius 2 is 1.39 bits per heavy atom. The lowest BCUT2D eigenvalue weighted by Gasteiger charge is -2.33. The summed E-state index contributed by atoms with van der Waals surface area (Å²) in [5.74, 6) is -0.547. The van der Waals surface area contributed by atoms with Crippen LogP contribution in [-0.4, -0.2) is 64.7 Å². The van der Waals surface area contributed by atoms with Crippen LogP contribution in [0.4, 0.5) is 0 Å². The molecule has 4 rings (SSSR count). The van der Waals surface area contributed by atoms with Gasteiger partial charge in [0, 0.05) is 26.2 Å². The van der Waals surface area contributed by atoms with Crippen LogP contribution >= 0.6 is 0 Å². The summed E-state index contributed by atoms with van der Waals surface area (Å²) >= 11 is 0. The highest BCUT2D eigenvalue weighted by atomic mass is 32.2. The van der Waals surface area contributed by atoms with Gasteiger partial charge in [-0.1, -0.05) is 30.3 Å². The molecule has 0 aromatic heterocycles. The minimum Gasteiger partial charge on any atom is -0.465 e. The fraction of sp³-hybridized carbons (Fsp3) is 0.261. The predicted octanol–water partition coefficient (Wildman–Crippen LogP) is 2.63. The summed E-state index contributed by atoms with van der Waals surface area (Å²) < 4.78 is 59.9. The van der Waals surface area contributed by atoms with Crippen molar-refractivity contribution >= 4 is 36.8 Å². The fourth-order valence-electron chi connectivity index (χ4n) is 3.95. The smallest absolute Gasteiger partial charge is 0.337 e. The second-order valence-corrected chi connectivity index (χ2v) is 11.6. The summed E-state index contributed by atoms with van der Waals surface area (Å²) in [5.41, 5.74) is 0.685. The average molecular weight is 489 g/mol. The van der Waals surface area contributed by atoms with Crippen molar-refractivity contribution in [2.45, 2.75) is 16.7 Å². The number of hydrogen-bond acceptors (Lipinski definition) is 6. The van der Waals surface area contributed by atoms with Crippen LogP contribution in [0, 0.1) is 6.92 Å². The zero-order valence-corrected chi connectivity index (χ0v) is 19.9. The van der Waals surface area contributed by atoms with Gasteiger partial charge in [0.05, 0.1) is 22.5 Å². The number of rotatable bonds is 5. The maximum Gasteiger partial charge on any atom is 0.337 e. The Balaban J connectivity index is 1.52. The number of benzene rings is 3. The number of piperazine rings is 1. The van der Waals surface area contributed by atoms with Gasteiger partial charge in [0.15, 0.2) is 0 Å². The topological polar surface area (TPSA) is 101 Å². The number of fused-ring (bicyclic) bond motifs is 1. The van der Waals surface area contributed by atoms with E-state index >= 15 is 0 Å². The zero-order chi connectivity index (χ0) is 23.8. The third-order valence-corrected chi connectivity index (χ3v) is 9.72. The van der Waals surface area contributed by atoms with E-state index in [1.54, 1.807) is 25.1 Å². The van der Waals surface area contributed by atoms with Crippen LogP contribution in [0.2, 0.25) is 0 Å². The Morgan fingerprint density at radius 3 is 2.00 bits per heavy atom. The second kappa shape index (κ2) is 8.86. The Bertz CT molecular complexity index is 1430. The van der Waals surface area contributed by atoms with E-state index in [0.29, 0.717) is 5.56 Å². The first-order valence-corrected chi connectivity index (χ1v) is 13.2. The lowest BCUT2D eigenvalue weighted by Crippen LogP contribution is -2.50. The summed E-state index contributed by atoms with van der Waals surface area (Å²) in [5, 5.41) is 1.77. The van der Waals surface area contributed by atoms with Crippen LogP contribution < -0.4 is 0 Å². The van der Waals surface area contributed by atoms with E-state index in [-0.39, 0.29) is 41.5 Å². The molecular formula is C23H24N2O6S2. The van der Waals surface area contributed by atoms with Gasteiger partial charge in [0.25, 0.3) is 0 Å². The number of ether oxygens (including phenoxy) is 1. The minimum atomic E-state index is -3.84. The van der Waals surface area contributed by atoms with Crippen molar-refractivity contribution in [1.29, 1.82) is 0 Å². The number of carbonyl (C=O) groups excluding carboxylic acids is 1. The maximum absolute atomic E-state index is 13.2. The van der Waals surface area contributed by atoms with Crippen LogP contribution in [0.3, 0.4) is 0 Å². The van der Waals surface area contributed by atoms with E-state index < -0.39 is 26.0 Å². The molecule has 0 unspecified atom stereocenters. The Labute approximate surface area is 193 Å². The third kappa shape index (κ3) is 4.39. The lowest BCUT2D eigenvalue weighted by molar-refractivity contribution is 0.0600. The molecule has 1 heterocycles. The Kier molecular flexibility index (Phi) is 6.28. The molecule has 3 aromatic carbocycles. The fourth-order valence-corrected chi connectivity index (χ4v) is 7.04. The highest BCUT2D eigenvalue weighted by molar-refractivity contribution is 7.89. The molecule has 1 saturated heterocycles. The van der Waals surface area contributed by atoms with Gasteiger partial charge in [0.1, 0.15) is 0 Å². The first kappa shape index (κ1) is 23.4. The van der Waals surface area contributed by atoms with Crippen molar-refractivity contribution in [2.24, 2.45) is 0 Å². The third-order valence-electron chi connectivity index (χ3n) is 5.77. The molecule has 0 radical (unpaired) electrons. The van der Waals surface area contributed by atoms with Gasteiger partial charge in [-0.3, -0.25) is 0 Å². The molecule has 0 amide bonds. The van der Waals surface area contributed by atoms with Crippen molar-refractivity contribution in [3.8, 4) is 0 Å². The number of hydrogen-bond donors (Lipinski definition) is 0.